The van der Waals surface area contributed by atoms with E-state index in [1.807, 2.05) is 0 Å². The molecule has 0 saturated heterocycles. The third-order valence-electron chi connectivity index (χ3n) is 0.725. The molecule has 0 saturated carbocycles. The highest BCUT2D eigenvalue weighted by molar-refractivity contribution is 7.88. The van der Waals surface area contributed by atoms with Gasteiger partial charge in [0.25, 0.3) is 5.91 Å². The number of hydrogen-bond acceptors (Lipinski definition) is 4. The van der Waals surface area contributed by atoms with Crippen molar-refractivity contribution in [1.29, 1.82) is 0 Å². The molecular weight excluding hydrogens is 174 g/mol. The second kappa shape index (κ2) is 3.52. The van der Waals surface area contributed by atoms with Gasteiger partial charge < -0.3 is 10.8 Å². The first-order chi connectivity index (χ1) is 4.46. The van der Waals surface area contributed by atoms with Crippen LogP contribution in [0.15, 0.2) is 0 Å². The zero-order chi connectivity index (χ0) is 8.31. The second-order valence-electron chi connectivity index (χ2n) is 1.47. The maximum absolute atomic E-state index is 10.2. The second-order valence-corrected chi connectivity index (χ2v) is 2.43. The molecule has 0 rings (SSSR count). The Labute approximate surface area is 67.8 Å². The molecule has 0 aliphatic rings. The monoisotopic (exact) mass is 179 g/mol. The van der Waals surface area contributed by atoms with Gasteiger partial charge in [0.15, 0.2) is 0 Å². The van der Waals surface area contributed by atoms with Gasteiger partial charge in [-0.05, 0) is 0 Å². The standard InChI is InChI=1S/C4H5NO3S2/c5-3(6)1(9)2(10)4(7)8/h2,10H,(H2,5,6)(H,7,8). The van der Waals surface area contributed by atoms with Crippen LogP contribution >= 0.6 is 24.8 Å². The van der Waals surface area contributed by atoms with Gasteiger partial charge in [0.1, 0.15) is 10.1 Å². The van der Waals surface area contributed by atoms with Crippen molar-refractivity contribution in [3.05, 3.63) is 0 Å². The minimum absolute atomic E-state index is 0.379. The summed E-state index contributed by atoms with van der Waals surface area (Å²) in [6, 6.07) is 0. The predicted molar refractivity (Wildman–Crippen MR) is 42.2 cm³/mol. The van der Waals surface area contributed by atoms with Crippen LogP contribution in [0.2, 0.25) is 0 Å². The zero-order valence-electron chi connectivity index (χ0n) is 4.77. The van der Waals surface area contributed by atoms with Crippen LogP contribution in [-0.2, 0) is 9.59 Å². The van der Waals surface area contributed by atoms with Gasteiger partial charge >= 0.3 is 5.97 Å². The molecular formula is C4H5NO3S2. The van der Waals surface area contributed by atoms with E-state index in [0.717, 1.165) is 0 Å². The van der Waals surface area contributed by atoms with E-state index in [4.69, 9.17) is 5.11 Å². The first-order valence-electron chi connectivity index (χ1n) is 2.21. The summed E-state index contributed by atoms with van der Waals surface area (Å²) >= 11 is 7.86. The molecule has 0 aromatic rings. The lowest BCUT2D eigenvalue weighted by molar-refractivity contribution is -0.135. The molecule has 10 heavy (non-hydrogen) atoms. The van der Waals surface area contributed by atoms with E-state index in [-0.39, 0.29) is 4.86 Å². The zero-order valence-corrected chi connectivity index (χ0v) is 6.48. The molecule has 0 aromatic heterocycles. The van der Waals surface area contributed by atoms with E-state index in [1.165, 1.54) is 0 Å². The van der Waals surface area contributed by atoms with Crippen LogP contribution in [0.1, 0.15) is 0 Å². The lowest BCUT2D eigenvalue weighted by Crippen LogP contribution is -2.33. The number of carboxylic acids is 1. The first-order valence-corrected chi connectivity index (χ1v) is 3.13. The third kappa shape index (κ3) is 2.32. The summed E-state index contributed by atoms with van der Waals surface area (Å²) in [4.78, 5) is 19.9. The van der Waals surface area contributed by atoms with Gasteiger partial charge in [-0.1, -0.05) is 12.2 Å². The normalized spacial score (nSPS) is 12.1. The third-order valence-corrected chi connectivity index (χ3v) is 1.82. The number of hydrogen-bond donors (Lipinski definition) is 3. The summed E-state index contributed by atoms with van der Waals surface area (Å²) in [5.74, 6) is -2.19. The lowest BCUT2D eigenvalue weighted by atomic mass is 10.3. The van der Waals surface area contributed by atoms with Gasteiger partial charge in [-0.3, -0.25) is 9.59 Å². The molecule has 4 nitrogen and oxygen atoms in total. The SMILES string of the molecule is NC(=O)C(=S)C(S)C(=O)O. The number of carbonyl (C=O) groups excluding carboxylic acids is 1. The molecule has 0 fully saturated rings. The Bertz CT molecular complexity index is 191. The molecule has 0 aliphatic carbocycles. The van der Waals surface area contributed by atoms with Crippen molar-refractivity contribution in [2.45, 2.75) is 5.25 Å². The number of nitrogens with two attached hydrogens (primary N) is 1. The molecule has 3 N–H and O–H groups in total. The van der Waals surface area contributed by atoms with E-state index in [2.05, 4.69) is 30.6 Å². The molecule has 0 radical (unpaired) electrons. The van der Waals surface area contributed by atoms with Crippen LogP contribution in [0, 0.1) is 0 Å². The van der Waals surface area contributed by atoms with Crippen molar-refractivity contribution in [1.82, 2.24) is 0 Å². The summed E-state index contributed by atoms with van der Waals surface area (Å²) in [6.45, 7) is 0. The van der Waals surface area contributed by atoms with Crippen LogP contribution in [0.3, 0.4) is 0 Å². The summed E-state index contributed by atoms with van der Waals surface area (Å²) in [6.07, 6.45) is 0. The molecule has 0 heterocycles. The Morgan fingerprint density at radius 3 is 2.10 bits per heavy atom. The number of carboxylic acid groups (broad SMARTS) is 1. The predicted octanol–water partition coefficient (Wildman–Crippen LogP) is -0.775. The van der Waals surface area contributed by atoms with E-state index in [1.54, 1.807) is 0 Å². The number of thiocarbonyl (C=S) groups is 1. The van der Waals surface area contributed by atoms with Crippen molar-refractivity contribution in [2.24, 2.45) is 5.73 Å². The van der Waals surface area contributed by atoms with E-state index in [9.17, 15) is 9.59 Å². The van der Waals surface area contributed by atoms with Crippen LogP contribution in [0.5, 0.6) is 0 Å². The highest BCUT2D eigenvalue weighted by Crippen LogP contribution is 1.98. The molecule has 0 bridgehead atoms. The minimum atomic E-state index is -1.27. The smallest absolute Gasteiger partial charge is 0.322 e. The maximum atomic E-state index is 10.2. The Kier molecular flexibility index (Phi) is 3.31. The largest absolute Gasteiger partial charge is 0.480 e. The van der Waals surface area contributed by atoms with Gasteiger partial charge in [-0.25, -0.2) is 0 Å². The fourth-order valence-corrected chi connectivity index (χ4v) is 0.475. The molecule has 0 aromatic carbocycles. The minimum Gasteiger partial charge on any atom is -0.480 e. The van der Waals surface area contributed by atoms with E-state index in [0.29, 0.717) is 0 Å². The summed E-state index contributed by atoms with van der Waals surface area (Å²) in [5, 5.41) is 6.96. The van der Waals surface area contributed by atoms with E-state index < -0.39 is 17.1 Å². The summed E-state index contributed by atoms with van der Waals surface area (Å²) in [7, 11) is 0. The molecule has 6 heteroatoms. The number of primary amides is 1. The molecule has 0 aliphatic heterocycles. The topological polar surface area (TPSA) is 80.4 Å². The van der Waals surface area contributed by atoms with Crippen molar-refractivity contribution < 1.29 is 14.7 Å². The number of rotatable bonds is 3. The number of thiol groups is 1. The van der Waals surface area contributed by atoms with Crippen molar-refractivity contribution in [3.63, 3.8) is 0 Å². The van der Waals surface area contributed by atoms with Gasteiger partial charge in [0, 0.05) is 0 Å². The Hall–Kier alpha value is -0.620. The van der Waals surface area contributed by atoms with Crippen molar-refractivity contribution >= 4 is 41.6 Å². The quantitative estimate of drug-likeness (QED) is 0.392. The highest BCUT2D eigenvalue weighted by atomic mass is 32.1. The molecule has 1 amide bonds. The Balaban J connectivity index is 4.22. The summed E-state index contributed by atoms with van der Waals surface area (Å²) in [5.41, 5.74) is 4.68. The fourth-order valence-electron chi connectivity index (χ4n) is 0.247. The van der Waals surface area contributed by atoms with Crippen LogP contribution < -0.4 is 5.73 Å². The average Bonchev–Trinajstić information content (AvgIpc) is 1.84. The molecule has 0 spiro atoms. The number of aliphatic carboxylic acids is 1. The van der Waals surface area contributed by atoms with Crippen LogP contribution in [0.25, 0.3) is 0 Å². The van der Waals surface area contributed by atoms with Crippen LogP contribution in [0.4, 0.5) is 0 Å². The van der Waals surface area contributed by atoms with Crippen molar-refractivity contribution in [2.75, 3.05) is 0 Å². The van der Waals surface area contributed by atoms with Crippen molar-refractivity contribution in [3.8, 4) is 0 Å². The maximum Gasteiger partial charge on any atom is 0.322 e. The van der Waals surface area contributed by atoms with Gasteiger partial charge in [-0.15, -0.1) is 0 Å². The Morgan fingerprint density at radius 1 is 1.60 bits per heavy atom. The molecule has 1 atom stereocenters. The van der Waals surface area contributed by atoms with Crippen LogP contribution in [-0.4, -0.2) is 27.1 Å². The fraction of sp³-hybridized carbons (Fsp3) is 0.250. The summed E-state index contributed by atoms with van der Waals surface area (Å²) < 4.78 is 0. The van der Waals surface area contributed by atoms with E-state index >= 15 is 0 Å². The first kappa shape index (κ1) is 9.38. The Morgan fingerprint density at radius 2 is 2.00 bits per heavy atom. The molecule has 1 unspecified atom stereocenters. The highest BCUT2D eigenvalue weighted by Gasteiger charge is 2.21. The number of amides is 1. The lowest BCUT2D eigenvalue weighted by Gasteiger charge is -2.01. The number of carbonyl (C=O) groups is 2. The average molecular weight is 179 g/mol. The van der Waals surface area contributed by atoms with Gasteiger partial charge in [0.2, 0.25) is 0 Å². The van der Waals surface area contributed by atoms with Gasteiger partial charge in [-0.2, -0.15) is 12.6 Å². The molecule has 56 valence electrons. The van der Waals surface area contributed by atoms with Gasteiger partial charge in [0.05, 0.1) is 0 Å².